The van der Waals surface area contributed by atoms with E-state index in [2.05, 4.69) is 0 Å². The number of hydrogen-bond acceptors (Lipinski definition) is 3. The van der Waals surface area contributed by atoms with Gasteiger partial charge in [-0.2, -0.15) is 0 Å². The fourth-order valence-corrected chi connectivity index (χ4v) is 6.95. The van der Waals surface area contributed by atoms with Crippen LogP contribution in [-0.2, 0) is 0 Å². The van der Waals surface area contributed by atoms with E-state index in [0.717, 1.165) is 30.3 Å². The summed E-state index contributed by atoms with van der Waals surface area (Å²) in [6, 6.07) is 17.2. The molecule has 206 valence electrons. The molecule has 6 aromatic carbocycles. The van der Waals surface area contributed by atoms with Gasteiger partial charge < -0.3 is 4.57 Å². The summed E-state index contributed by atoms with van der Waals surface area (Å²) in [5.41, 5.74) is 0.937. The third-order valence-corrected chi connectivity index (χ3v) is 8.84. The number of thiophene rings is 1. The molecular weight excluding hydrogens is 555 g/mol. The molecule has 0 bridgehead atoms. The van der Waals surface area contributed by atoms with Crippen molar-refractivity contribution >= 4 is 53.3 Å². The molecule has 0 radical (unpaired) electrons. The first-order valence-electron chi connectivity index (χ1n) is 19.8. The lowest BCUT2D eigenvalue weighted by molar-refractivity contribution is 1.18. The first-order valence-corrected chi connectivity index (χ1v) is 14.6. The van der Waals surface area contributed by atoms with Crippen molar-refractivity contribution in [1.29, 1.82) is 0 Å². The predicted molar refractivity (Wildman–Crippen MR) is 186 cm³/mol. The van der Waals surface area contributed by atoms with Crippen LogP contribution in [0.1, 0.15) is 16.4 Å². The van der Waals surface area contributed by atoms with Gasteiger partial charge in [0.05, 0.1) is 38.9 Å². The van der Waals surface area contributed by atoms with Gasteiger partial charge in [0.2, 0.25) is 0 Å². The van der Waals surface area contributed by atoms with Gasteiger partial charge >= 0.3 is 0 Å². The number of para-hydroxylation sites is 2. The van der Waals surface area contributed by atoms with Crippen LogP contribution in [-0.4, -0.2) is 14.5 Å². The number of fused-ring (bicyclic) bond motifs is 6. The van der Waals surface area contributed by atoms with E-state index < -0.39 is 78.2 Å². The molecular formula is C40H25N3S. The molecule has 0 spiro atoms. The standard InChI is InChI=1S/C40H25N3S/c1-3-13-26(14-4-1)40-41-33(25-34(42-40)31-21-11-19-29-28-17-8-10-24-37(28)44-39(29)31)30-20-12-23-36-38(30)32-18-7-9-22-35(32)43(36)27-15-5-2-6-16-27/h1-25H/i2D,5D,6D,7D,9D,12D,15D,16D,18D,20D,22D,23D. The molecule has 0 amide bonds. The first kappa shape index (κ1) is 15.8. The largest absolute Gasteiger partial charge is 0.309 e. The molecule has 0 atom stereocenters. The molecule has 9 rings (SSSR count). The lowest BCUT2D eigenvalue weighted by Crippen LogP contribution is -1.97. The third kappa shape index (κ3) is 3.89. The van der Waals surface area contributed by atoms with E-state index in [4.69, 9.17) is 23.7 Å². The molecule has 4 heteroatoms. The quantitative estimate of drug-likeness (QED) is 0.204. The molecule has 9 aromatic rings. The molecule has 0 unspecified atom stereocenters. The molecule has 0 N–H and O–H groups in total. The second kappa shape index (κ2) is 10.0. The van der Waals surface area contributed by atoms with Crippen LogP contribution in [0.3, 0.4) is 0 Å². The number of aromatic nitrogens is 3. The average Bonchev–Trinajstić information content (AvgIpc) is 3.77. The molecule has 0 aliphatic heterocycles. The zero-order chi connectivity index (χ0) is 39.5. The van der Waals surface area contributed by atoms with Crippen molar-refractivity contribution in [3.63, 3.8) is 0 Å². The zero-order valence-corrected chi connectivity index (χ0v) is 23.6. The van der Waals surface area contributed by atoms with Gasteiger partial charge in [-0.1, -0.05) is 115 Å². The van der Waals surface area contributed by atoms with Gasteiger partial charge in [0.1, 0.15) is 0 Å². The zero-order valence-electron chi connectivity index (χ0n) is 34.8. The lowest BCUT2D eigenvalue weighted by atomic mass is 10.0. The molecule has 0 fully saturated rings. The second-order valence-corrected chi connectivity index (χ2v) is 11.2. The molecule has 0 aliphatic carbocycles. The molecule has 44 heavy (non-hydrogen) atoms. The fourth-order valence-electron chi connectivity index (χ4n) is 5.72. The summed E-state index contributed by atoms with van der Waals surface area (Å²) in [5.74, 6) is 0.265. The number of benzene rings is 6. The Hall–Kier alpha value is -5.58. The molecule has 3 nitrogen and oxygen atoms in total. The Kier molecular flexibility index (Phi) is 3.59. The van der Waals surface area contributed by atoms with E-state index in [1.54, 1.807) is 17.4 Å². The van der Waals surface area contributed by atoms with Crippen LogP contribution in [0.25, 0.3) is 81.6 Å². The van der Waals surface area contributed by atoms with Gasteiger partial charge in [-0.3, -0.25) is 0 Å². The van der Waals surface area contributed by atoms with Crippen molar-refractivity contribution in [1.82, 2.24) is 14.5 Å². The smallest absolute Gasteiger partial charge is 0.160 e. The van der Waals surface area contributed by atoms with Gasteiger partial charge in [0, 0.05) is 53.3 Å². The number of hydrogen-bond donors (Lipinski definition) is 0. The van der Waals surface area contributed by atoms with E-state index in [-0.39, 0.29) is 38.9 Å². The Morgan fingerprint density at radius 3 is 2.18 bits per heavy atom. The van der Waals surface area contributed by atoms with Crippen molar-refractivity contribution in [2.75, 3.05) is 0 Å². The molecule has 3 heterocycles. The maximum atomic E-state index is 9.37. The van der Waals surface area contributed by atoms with Crippen molar-refractivity contribution in [2.24, 2.45) is 0 Å². The summed E-state index contributed by atoms with van der Waals surface area (Å²) >= 11 is 1.59. The van der Waals surface area contributed by atoms with Gasteiger partial charge in [0.15, 0.2) is 5.82 Å². The second-order valence-electron chi connectivity index (χ2n) is 10.1. The van der Waals surface area contributed by atoms with Crippen LogP contribution in [0.2, 0.25) is 0 Å². The average molecular weight is 592 g/mol. The van der Waals surface area contributed by atoms with Gasteiger partial charge in [0.25, 0.3) is 0 Å². The maximum absolute atomic E-state index is 9.37. The Morgan fingerprint density at radius 1 is 0.568 bits per heavy atom. The van der Waals surface area contributed by atoms with E-state index in [9.17, 15) is 2.74 Å². The Balaban J connectivity index is 1.49. The Labute approximate surface area is 275 Å². The minimum atomic E-state index is -0.699. The highest BCUT2D eigenvalue weighted by Crippen LogP contribution is 2.42. The minimum absolute atomic E-state index is 0.0495. The molecule has 0 saturated heterocycles. The topological polar surface area (TPSA) is 30.7 Å². The fraction of sp³-hybridized carbons (Fsp3) is 0. The highest BCUT2D eigenvalue weighted by molar-refractivity contribution is 7.26. The van der Waals surface area contributed by atoms with E-state index in [1.165, 1.54) is 0 Å². The summed E-state index contributed by atoms with van der Waals surface area (Å²) in [6.07, 6.45) is 0. The van der Waals surface area contributed by atoms with E-state index >= 15 is 0 Å². The van der Waals surface area contributed by atoms with Crippen LogP contribution in [0.4, 0.5) is 0 Å². The molecule has 3 aromatic heterocycles. The normalized spacial score (nSPS) is 15.5. The SMILES string of the molecule is [2H]c1c([2H])c([2H])c(-n2c3c([2H])c([2H])c([2H])c([2H])c3c3c(-c4cc(-c5cccc6c5sc5ccccc56)nc(-c5ccccc5)n4)c([2H])c([2H])c([2H])c32)c([2H])c1[2H]. The van der Waals surface area contributed by atoms with Crippen molar-refractivity contribution in [2.45, 2.75) is 0 Å². The van der Waals surface area contributed by atoms with Crippen LogP contribution < -0.4 is 0 Å². The summed E-state index contributed by atoms with van der Waals surface area (Å²) in [5, 5.41) is 1.86. The highest BCUT2D eigenvalue weighted by atomic mass is 32.1. The molecule has 0 aliphatic rings. The lowest BCUT2D eigenvalue weighted by Gasteiger charge is -2.12. The minimum Gasteiger partial charge on any atom is -0.309 e. The first-order chi connectivity index (χ1) is 26.8. The van der Waals surface area contributed by atoms with Crippen molar-refractivity contribution < 1.29 is 16.4 Å². The maximum Gasteiger partial charge on any atom is 0.160 e. The van der Waals surface area contributed by atoms with Gasteiger partial charge in [-0.25, -0.2) is 9.97 Å². The summed E-state index contributed by atoms with van der Waals surface area (Å²) < 4.78 is 109. The van der Waals surface area contributed by atoms with Crippen molar-refractivity contribution in [3.05, 3.63) is 151 Å². The Morgan fingerprint density at radius 2 is 1.30 bits per heavy atom. The summed E-state index contributed by atoms with van der Waals surface area (Å²) in [4.78, 5) is 9.93. The van der Waals surface area contributed by atoms with Crippen LogP contribution in [0.15, 0.2) is 151 Å². The van der Waals surface area contributed by atoms with Gasteiger partial charge in [-0.15, -0.1) is 11.3 Å². The highest BCUT2D eigenvalue weighted by Gasteiger charge is 2.19. The van der Waals surface area contributed by atoms with E-state index in [1.807, 2.05) is 72.8 Å². The molecule has 0 saturated carbocycles. The van der Waals surface area contributed by atoms with E-state index in [0.29, 0.717) is 11.3 Å². The number of nitrogens with zero attached hydrogens (tertiary/aromatic N) is 3. The third-order valence-electron chi connectivity index (χ3n) is 7.63. The Bertz CT molecular complexity index is 3150. The van der Waals surface area contributed by atoms with Crippen LogP contribution in [0.5, 0.6) is 0 Å². The van der Waals surface area contributed by atoms with Crippen molar-refractivity contribution in [3.8, 4) is 39.6 Å². The summed E-state index contributed by atoms with van der Waals surface area (Å²) in [7, 11) is 0. The van der Waals surface area contributed by atoms with Crippen LogP contribution >= 0.6 is 11.3 Å². The van der Waals surface area contributed by atoms with Crippen LogP contribution in [0, 0.1) is 0 Å². The predicted octanol–water partition coefficient (Wildman–Crippen LogP) is 10.9. The van der Waals surface area contributed by atoms with Gasteiger partial charge in [-0.05, 0) is 36.3 Å². The monoisotopic (exact) mass is 591 g/mol. The summed E-state index contributed by atoms with van der Waals surface area (Å²) in [6.45, 7) is 0. The number of rotatable bonds is 4.